The molecule has 0 aliphatic carbocycles. The number of rotatable bonds is 5. The molecule has 0 aliphatic rings. The second-order valence-corrected chi connectivity index (χ2v) is 4.56. The summed E-state index contributed by atoms with van der Waals surface area (Å²) < 4.78 is 0. The first-order valence-corrected chi connectivity index (χ1v) is 5.89. The Morgan fingerprint density at radius 2 is 2.00 bits per heavy atom. The Hall–Kier alpha value is -1.36. The highest BCUT2D eigenvalue weighted by atomic mass is 32.2. The molecule has 1 unspecified atom stereocenters. The maximum atomic E-state index is 11.5. The molecule has 0 radical (unpaired) electrons. The van der Waals surface area contributed by atoms with Gasteiger partial charge in [0.05, 0.1) is 0 Å². The molecule has 0 saturated heterocycles. The lowest BCUT2D eigenvalue weighted by Gasteiger charge is -2.14. The van der Waals surface area contributed by atoms with Gasteiger partial charge in [0.1, 0.15) is 0 Å². The summed E-state index contributed by atoms with van der Waals surface area (Å²) in [6.07, 6.45) is 0. The van der Waals surface area contributed by atoms with E-state index in [1.54, 1.807) is 14.1 Å². The largest absolute Gasteiger partial charge is 0.346 e. The van der Waals surface area contributed by atoms with Crippen LogP contribution in [-0.2, 0) is 10.5 Å². The van der Waals surface area contributed by atoms with Gasteiger partial charge in [-0.2, -0.15) is 0 Å². The lowest BCUT2D eigenvalue weighted by Crippen LogP contribution is -2.30. The molecule has 0 aliphatic heterocycles. The smallest absolute Gasteiger partial charge is 0.260 e. The second kappa shape index (κ2) is 6.27. The van der Waals surface area contributed by atoms with Gasteiger partial charge in [-0.15, -0.1) is 16.7 Å². The van der Waals surface area contributed by atoms with Crippen molar-refractivity contribution in [2.45, 2.75) is 11.1 Å². The van der Waals surface area contributed by atoms with Gasteiger partial charge in [-0.25, -0.2) is 0 Å². The predicted octanol–water partition coefficient (Wildman–Crippen LogP) is 2.10. The van der Waals surface area contributed by atoms with Crippen LogP contribution in [0.25, 0.3) is 0 Å². The molecule has 1 atom stereocenters. The second-order valence-electron chi connectivity index (χ2n) is 3.49. The van der Waals surface area contributed by atoms with E-state index < -0.39 is 5.37 Å². The Morgan fingerprint density at radius 3 is 2.50 bits per heavy atom. The van der Waals surface area contributed by atoms with Gasteiger partial charge in [0, 0.05) is 19.8 Å². The highest BCUT2D eigenvalue weighted by Gasteiger charge is 2.21. The number of hydrogen-bond acceptors (Lipinski definition) is 4. The molecule has 4 nitrogen and oxygen atoms in total. The van der Waals surface area contributed by atoms with Crippen LogP contribution in [0.5, 0.6) is 0 Å². The fourth-order valence-corrected chi connectivity index (χ4v) is 2.07. The third-order valence-electron chi connectivity index (χ3n) is 2.00. The van der Waals surface area contributed by atoms with E-state index in [1.807, 2.05) is 30.3 Å². The zero-order valence-electron chi connectivity index (χ0n) is 9.29. The molecule has 0 N–H and O–H groups in total. The molecule has 1 aromatic carbocycles. The zero-order chi connectivity index (χ0) is 12.0. The number of carbonyl (C=O) groups is 1. The fourth-order valence-electron chi connectivity index (χ4n) is 1.12. The van der Waals surface area contributed by atoms with Crippen LogP contribution in [0.3, 0.4) is 0 Å². The lowest BCUT2D eigenvalue weighted by atomic mass is 10.2. The summed E-state index contributed by atoms with van der Waals surface area (Å²) in [6, 6.07) is 9.68. The number of nitroso groups, excluding NO2 is 1. The lowest BCUT2D eigenvalue weighted by molar-refractivity contribution is -0.127. The van der Waals surface area contributed by atoms with Crippen LogP contribution in [0.4, 0.5) is 0 Å². The normalized spacial score (nSPS) is 11.9. The van der Waals surface area contributed by atoms with Crippen LogP contribution in [0.15, 0.2) is 35.5 Å². The van der Waals surface area contributed by atoms with Crippen molar-refractivity contribution in [2.24, 2.45) is 5.18 Å². The molecule has 0 fully saturated rings. The van der Waals surface area contributed by atoms with Crippen LogP contribution in [0.1, 0.15) is 5.56 Å². The van der Waals surface area contributed by atoms with Crippen molar-refractivity contribution in [3.8, 4) is 0 Å². The van der Waals surface area contributed by atoms with Crippen LogP contribution in [0, 0.1) is 4.91 Å². The predicted molar refractivity (Wildman–Crippen MR) is 66.0 cm³/mol. The van der Waals surface area contributed by atoms with Gasteiger partial charge < -0.3 is 4.90 Å². The molecule has 0 aromatic heterocycles. The van der Waals surface area contributed by atoms with Crippen molar-refractivity contribution < 1.29 is 4.79 Å². The first kappa shape index (κ1) is 12.7. The van der Waals surface area contributed by atoms with Crippen molar-refractivity contribution in [3.63, 3.8) is 0 Å². The van der Waals surface area contributed by atoms with E-state index >= 15 is 0 Å². The van der Waals surface area contributed by atoms with Gasteiger partial charge >= 0.3 is 0 Å². The standard InChI is InChI=1S/C11H14N2O2S/c1-13(2)11(14)10(12-15)16-8-9-6-4-3-5-7-9/h3-7,10H,8H2,1-2H3. The average molecular weight is 238 g/mol. The minimum absolute atomic E-state index is 0.268. The van der Waals surface area contributed by atoms with Gasteiger partial charge in [0.2, 0.25) is 5.37 Å². The fraction of sp³-hybridized carbons (Fsp3) is 0.364. The minimum Gasteiger partial charge on any atom is -0.346 e. The summed E-state index contributed by atoms with van der Waals surface area (Å²) in [5.41, 5.74) is 1.08. The third-order valence-corrected chi connectivity index (χ3v) is 3.10. The topological polar surface area (TPSA) is 49.7 Å². The first-order chi connectivity index (χ1) is 7.65. The molecular formula is C11H14N2O2S. The van der Waals surface area contributed by atoms with Crippen molar-refractivity contribution in [3.05, 3.63) is 40.8 Å². The molecule has 86 valence electrons. The van der Waals surface area contributed by atoms with E-state index in [0.29, 0.717) is 5.75 Å². The number of nitrogens with zero attached hydrogens (tertiary/aromatic N) is 2. The van der Waals surface area contributed by atoms with Crippen molar-refractivity contribution >= 4 is 17.7 Å². The quantitative estimate of drug-likeness (QED) is 0.738. The summed E-state index contributed by atoms with van der Waals surface area (Å²) in [5, 5.41) is 1.99. The summed E-state index contributed by atoms with van der Waals surface area (Å²) in [6.45, 7) is 0. The van der Waals surface area contributed by atoms with E-state index in [0.717, 1.165) is 5.56 Å². The molecule has 1 rings (SSSR count). The number of carbonyl (C=O) groups excluding carboxylic acids is 1. The van der Waals surface area contributed by atoms with Gasteiger partial charge in [0.15, 0.2) is 0 Å². The van der Waals surface area contributed by atoms with E-state index in [9.17, 15) is 9.70 Å². The Balaban J connectivity index is 2.53. The monoisotopic (exact) mass is 238 g/mol. The number of thioether (sulfide) groups is 1. The van der Waals surface area contributed by atoms with Gasteiger partial charge in [-0.3, -0.25) is 4.79 Å². The SMILES string of the molecule is CN(C)C(=O)C(N=O)SCc1ccccc1. The van der Waals surface area contributed by atoms with E-state index in [-0.39, 0.29) is 5.91 Å². The summed E-state index contributed by atoms with van der Waals surface area (Å²) >= 11 is 1.24. The van der Waals surface area contributed by atoms with Crippen molar-refractivity contribution in [1.82, 2.24) is 4.90 Å². The Bertz CT molecular complexity index is 354. The summed E-state index contributed by atoms with van der Waals surface area (Å²) in [4.78, 5) is 23.4. The summed E-state index contributed by atoms with van der Waals surface area (Å²) in [5.74, 6) is 0.340. The molecule has 16 heavy (non-hydrogen) atoms. The molecule has 0 heterocycles. The number of likely N-dealkylation sites (N-methyl/N-ethyl adjacent to an activating group) is 1. The van der Waals surface area contributed by atoms with Crippen LogP contribution in [-0.4, -0.2) is 30.3 Å². The molecule has 0 bridgehead atoms. The van der Waals surface area contributed by atoms with Gasteiger partial charge in [-0.1, -0.05) is 30.3 Å². The van der Waals surface area contributed by atoms with E-state index in [1.165, 1.54) is 16.7 Å². The Kier molecular flexibility index (Phi) is 4.98. The molecule has 1 aromatic rings. The number of hydrogen-bond donors (Lipinski definition) is 0. The van der Waals surface area contributed by atoms with E-state index in [4.69, 9.17) is 0 Å². The van der Waals surface area contributed by atoms with Crippen LogP contribution < -0.4 is 0 Å². The molecule has 1 amide bonds. The first-order valence-electron chi connectivity index (χ1n) is 4.84. The number of amides is 1. The third kappa shape index (κ3) is 3.66. The zero-order valence-corrected chi connectivity index (χ0v) is 10.1. The van der Waals surface area contributed by atoms with Crippen LogP contribution >= 0.6 is 11.8 Å². The number of benzene rings is 1. The molecular weight excluding hydrogens is 224 g/mol. The molecule has 0 saturated carbocycles. The maximum absolute atomic E-state index is 11.5. The van der Waals surface area contributed by atoms with Gasteiger partial charge in [0.25, 0.3) is 5.91 Å². The van der Waals surface area contributed by atoms with Crippen molar-refractivity contribution in [2.75, 3.05) is 14.1 Å². The highest BCUT2D eigenvalue weighted by Crippen LogP contribution is 2.19. The van der Waals surface area contributed by atoms with Crippen molar-refractivity contribution in [1.29, 1.82) is 0 Å². The van der Waals surface area contributed by atoms with E-state index in [2.05, 4.69) is 5.18 Å². The highest BCUT2D eigenvalue weighted by molar-refractivity contribution is 7.99. The van der Waals surface area contributed by atoms with Gasteiger partial charge in [-0.05, 0) is 10.7 Å². The average Bonchev–Trinajstić information content (AvgIpc) is 2.30. The Labute approximate surface area is 99.0 Å². The van der Waals surface area contributed by atoms with Crippen LogP contribution in [0.2, 0.25) is 0 Å². The summed E-state index contributed by atoms with van der Waals surface area (Å²) in [7, 11) is 3.23. The molecule has 5 heteroatoms. The maximum Gasteiger partial charge on any atom is 0.260 e. The Morgan fingerprint density at radius 1 is 1.38 bits per heavy atom. The minimum atomic E-state index is -0.852. The molecule has 0 spiro atoms.